The van der Waals surface area contributed by atoms with Crippen LogP contribution in [-0.4, -0.2) is 10.8 Å². The number of pyridine rings is 1. The number of hydrogen-bond donors (Lipinski definition) is 0. The van der Waals surface area contributed by atoms with Crippen molar-refractivity contribution in [3.05, 3.63) is 63.4 Å². The van der Waals surface area contributed by atoms with Crippen molar-refractivity contribution < 1.29 is 4.79 Å². The fraction of sp³-hybridized carbons (Fsp3) is 0.250. The zero-order chi connectivity index (χ0) is 13.8. The van der Waals surface area contributed by atoms with Crippen LogP contribution in [-0.2, 0) is 12.8 Å². The minimum atomic E-state index is 0.0867. The quantitative estimate of drug-likeness (QED) is 0.793. The number of benzene rings is 1. The second kappa shape index (κ2) is 6.11. The van der Waals surface area contributed by atoms with Gasteiger partial charge in [0.1, 0.15) is 0 Å². The molecule has 2 nitrogen and oxygen atoms in total. The normalized spacial score (nSPS) is 10.5. The maximum Gasteiger partial charge on any atom is 0.169 e. The molecule has 1 aromatic heterocycles. The van der Waals surface area contributed by atoms with Gasteiger partial charge in [0.05, 0.1) is 6.42 Å². The van der Waals surface area contributed by atoms with Crippen LogP contribution in [0, 0.1) is 6.92 Å². The van der Waals surface area contributed by atoms with Crippen LogP contribution < -0.4 is 0 Å². The van der Waals surface area contributed by atoms with Gasteiger partial charge in [0, 0.05) is 21.9 Å². The molecule has 2 rings (SSSR count). The first-order valence-electron chi connectivity index (χ1n) is 6.33. The van der Waals surface area contributed by atoms with E-state index in [1.807, 2.05) is 43.5 Å². The topological polar surface area (TPSA) is 30.0 Å². The molecule has 0 saturated heterocycles. The van der Waals surface area contributed by atoms with E-state index in [9.17, 15) is 4.79 Å². The Morgan fingerprint density at radius 2 is 2.05 bits per heavy atom. The third-order valence-electron chi connectivity index (χ3n) is 3.06. The summed E-state index contributed by atoms with van der Waals surface area (Å²) in [6, 6.07) is 9.73. The number of ketones is 1. The first-order chi connectivity index (χ1) is 9.10. The Kier molecular flexibility index (Phi) is 4.48. The van der Waals surface area contributed by atoms with Crippen molar-refractivity contribution in [2.75, 3.05) is 0 Å². The number of Topliss-reactive ketones (excluding diaryl/α,β-unsaturated/α-hetero) is 1. The summed E-state index contributed by atoms with van der Waals surface area (Å²) in [5, 5.41) is 0. The number of carbonyl (C=O) groups excluding carboxylic acids is 1. The largest absolute Gasteiger partial charge is 0.294 e. The van der Waals surface area contributed by atoms with Crippen LogP contribution in [0.5, 0.6) is 0 Å². The predicted molar refractivity (Wildman–Crippen MR) is 80.5 cm³/mol. The van der Waals surface area contributed by atoms with Gasteiger partial charge in [-0.15, -0.1) is 0 Å². The van der Waals surface area contributed by atoms with Crippen LogP contribution in [0.25, 0.3) is 0 Å². The summed E-state index contributed by atoms with van der Waals surface area (Å²) in [6.45, 7) is 4.09. The fourth-order valence-electron chi connectivity index (χ4n) is 1.87. The molecule has 0 aliphatic rings. The molecule has 2 aromatic rings. The molecule has 1 heterocycles. The number of nitrogens with zero attached hydrogens (tertiary/aromatic N) is 1. The smallest absolute Gasteiger partial charge is 0.169 e. The SMILES string of the molecule is CCc1ccc(CC(=O)c2ccc(C)cc2Br)nc1. The van der Waals surface area contributed by atoms with Crippen LogP contribution in [0.2, 0.25) is 0 Å². The van der Waals surface area contributed by atoms with Crippen molar-refractivity contribution in [1.82, 2.24) is 4.98 Å². The van der Waals surface area contributed by atoms with Crippen LogP contribution in [0.1, 0.15) is 34.1 Å². The van der Waals surface area contributed by atoms with E-state index in [-0.39, 0.29) is 5.78 Å². The van der Waals surface area contributed by atoms with Gasteiger partial charge < -0.3 is 0 Å². The highest BCUT2D eigenvalue weighted by molar-refractivity contribution is 9.10. The monoisotopic (exact) mass is 317 g/mol. The molecular weight excluding hydrogens is 302 g/mol. The van der Waals surface area contributed by atoms with E-state index in [1.54, 1.807) is 0 Å². The average molecular weight is 318 g/mol. The lowest BCUT2D eigenvalue weighted by atomic mass is 10.0. The fourth-order valence-corrected chi connectivity index (χ4v) is 2.59. The van der Waals surface area contributed by atoms with Gasteiger partial charge in [0.15, 0.2) is 5.78 Å². The van der Waals surface area contributed by atoms with Gasteiger partial charge in [-0.25, -0.2) is 0 Å². The first-order valence-corrected chi connectivity index (χ1v) is 7.12. The third kappa shape index (κ3) is 3.51. The molecule has 0 saturated carbocycles. The molecule has 0 atom stereocenters. The molecule has 0 spiro atoms. The zero-order valence-electron chi connectivity index (χ0n) is 11.1. The van der Waals surface area contributed by atoms with Gasteiger partial charge in [0.2, 0.25) is 0 Å². The number of halogens is 1. The van der Waals surface area contributed by atoms with E-state index in [4.69, 9.17) is 0 Å². The highest BCUT2D eigenvalue weighted by Gasteiger charge is 2.11. The Hall–Kier alpha value is -1.48. The Balaban J connectivity index is 2.15. The minimum absolute atomic E-state index is 0.0867. The Morgan fingerprint density at radius 1 is 1.26 bits per heavy atom. The van der Waals surface area contributed by atoms with Crippen molar-refractivity contribution in [2.24, 2.45) is 0 Å². The number of carbonyl (C=O) groups is 1. The van der Waals surface area contributed by atoms with E-state index >= 15 is 0 Å². The number of aryl methyl sites for hydroxylation is 2. The van der Waals surface area contributed by atoms with Crippen LogP contribution in [0.4, 0.5) is 0 Å². The highest BCUT2D eigenvalue weighted by Crippen LogP contribution is 2.20. The first kappa shape index (κ1) is 13.9. The second-order valence-electron chi connectivity index (χ2n) is 4.59. The van der Waals surface area contributed by atoms with Crippen molar-refractivity contribution >= 4 is 21.7 Å². The number of aromatic nitrogens is 1. The number of hydrogen-bond acceptors (Lipinski definition) is 2. The minimum Gasteiger partial charge on any atom is -0.294 e. The lowest BCUT2D eigenvalue weighted by molar-refractivity contribution is 0.0991. The van der Waals surface area contributed by atoms with Crippen LogP contribution in [0.3, 0.4) is 0 Å². The van der Waals surface area contributed by atoms with E-state index in [0.717, 1.165) is 22.2 Å². The van der Waals surface area contributed by atoms with Crippen LogP contribution >= 0.6 is 15.9 Å². The summed E-state index contributed by atoms with van der Waals surface area (Å²) >= 11 is 3.44. The van der Waals surface area contributed by atoms with Crippen molar-refractivity contribution in [3.8, 4) is 0 Å². The molecule has 0 radical (unpaired) electrons. The number of rotatable bonds is 4. The van der Waals surface area contributed by atoms with Gasteiger partial charge in [-0.3, -0.25) is 9.78 Å². The lowest BCUT2D eigenvalue weighted by Crippen LogP contribution is -2.06. The van der Waals surface area contributed by atoms with E-state index < -0.39 is 0 Å². The van der Waals surface area contributed by atoms with Gasteiger partial charge in [-0.05, 0) is 42.7 Å². The molecule has 98 valence electrons. The maximum atomic E-state index is 12.2. The van der Waals surface area contributed by atoms with Crippen molar-refractivity contribution in [2.45, 2.75) is 26.7 Å². The van der Waals surface area contributed by atoms with Gasteiger partial charge in [-0.1, -0.05) is 35.0 Å². The summed E-state index contributed by atoms with van der Waals surface area (Å²) in [4.78, 5) is 16.6. The molecule has 0 fully saturated rings. The molecule has 0 aliphatic carbocycles. The van der Waals surface area contributed by atoms with Crippen molar-refractivity contribution in [1.29, 1.82) is 0 Å². The summed E-state index contributed by atoms with van der Waals surface area (Å²) < 4.78 is 0.850. The molecule has 0 unspecified atom stereocenters. The second-order valence-corrected chi connectivity index (χ2v) is 5.45. The molecule has 3 heteroatoms. The Labute approximate surface area is 122 Å². The van der Waals surface area contributed by atoms with Gasteiger partial charge in [-0.2, -0.15) is 0 Å². The molecule has 0 N–H and O–H groups in total. The summed E-state index contributed by atoms with van der Waals surface area (Å²) in [5.41, 5.74) is 3.85. The molecular formula is C16H16BrNO. The highest BCUT2D eigenvalue weighted by atomic mass is 79.9. The predicted octanol–water partition coefficient (Wildman–Crippen LogP) is 4.14. The summed E-state index contributed by atoms with van der Waals surface area (Å²) in [7, 11) is 0. The van der Waals surface area contributed by atoms with Crippen molar-refractivity contribution in [3.63, 3.8) is 0 Å². The molecule has 19 heavy (non-hydrogen) atoms. The summed E-state index contributed by atoms with van der Waals surface area (Å²) in [5.74, 6) is 0.0867. The molecule has 0 amide bonds. The van der Waals surface area contributed by atoms with E-state index in [0.29, 0.717) is 12.0 Å². The Morgan fingerprint density at radius 3 is 2.63 bits per heavy atom. The van der Waals surface area contributed by atoms with E-state index in [1.165, 1.54) is 5.56 Å². The molecule has 1 aromatic carbocycles. The zero-order valence-corrected chi connectivity index (χ0v) is 12.7. The molecule has 0 aliphatic heterocycles. The summed E-state index contributed by atoms with van der Waals surface area (Å²) in [6.07, 6.45) is 3.14. The maximum absolute atomic E-state index is 12.2. The van der Waals surface area contributed by atoms with Crippen LogP contribution in [0.15, 0.2) is 41.0 Å². The van der Waals surface area contributed by atoms with Gasteiger partial charge >= 0.3 is 0 Å². The lowest BCUT2D eigenvalue weighted by Gasteiger charge is -2.05. The average Bonchev–Trinajstić information content (AvgIpc) is 2.39. The standard InChI is InChI=1S/C16H16BrNO/c1-3-12-5-6-13(18-10-12)9-16(19)14-7-4-11(2)8-15(14)17/h4-8,10H,3,9H2,1-2H3. The van der Waals surface area contributed by atoms with E-state index in [2.05, 4.69) is 27.8 Å². The third-order valence-corrected chi connectivity index (χ3v) is 3.72. The Bertz CT molecular complexity index is 590. The van der Waals surface area contributed by atoms with Gasteiger partial charge in [0.25, 0.3) is 0 Å². The molecule has 0 bridgehead atoms.